The van der Waals surface area contributed by atoms with E-state index in [1.54, 1.807) is 17.0 Å². The molecule has 1 unspecified atom stereocenters. The maximum atomic E-state index is 13.0. The molecular formula is C18H22FN3O3. The van der Waals surface area contributed by atoms with Crippen molar-refractivity contribution in [1.82, 2.24) is 15.0 Å². The zero-order valence-electron chi connectivity index (χ0n) is 14.3. The van der Waals surface area contributed by atoms with E-state index >= 15 is 0 Å². The van der Waals surface area contributed by atoms with Crippen molar-refractivity contribution >= 4 is 6.09 Å². The molecule has 2 aromatic rings. The number of ether oxygens (including phenoxy) is 1. The Morgan fingerprint density at radius 2 is 2.20 bits per heavy atom. The molecule has 1 aliphatic heterocycles. The van der Waals surface area contributed by atoms with Crippen molar-refractivity contribution in [2.45, 2.75) is 38.5 Å². The molecule has 2 heterocycles. The average molecular weight is 347 g/mol. The molecule has 6 nitrogen and oxygen atoms in total. The minimum absolute atomic E-state index is 0.0189. The normalized spacial score (nSPS) is 17.5. The van der Waals surface area contributed by atoms with E-state index in [1.807, 2.05) is 0 Å². The second kappa shape index (κ2) is 8.09. The quantitative estimate of drug-likeness (QED) is 0.765. The van der Waals surface area contributed by atoms with Crippen LogP contribution >= 0.6 is 0 Å². The number of halogens is 1. The van der Waals surface area contributed by atoms with Crippen molar-refractivity contribution in [3.8, 4) is 11.5 Å². The average Bonchev–Trinajstić information content (AvgIpc) is 3.13. The van der Waals surface area contributed by atoms with Crippen LogP contribution in [-0.2, 0) is 4.74 Å². The highest BCUT2D eigenvalue weighted by Gasteiger charge is 2.29. The van der Waals surface area contributed by atoms with Crippen LogP contribution in [0.4, 0.5) is 9.18 Å². The van der Waals surface area contributed by atoms with Gasteiger partial charge < -0.3 is 14.2 Å². The van der Waals surface area contributed by atoms with Gasteiger partial charge >= 0.3 is 6.09 Å². The fourth-order valence-electron chi connectivity index (χ4n) is 2.86. The standard InChI is InChI=1S/C18H22FN3O3/c1-2-3-11-24-18(23)22-10-4-5-14(12-22)16-20-17(25-21-16)13-6-8-15(19)9-7-13/h6-9,14H,2-5,10-12H2,1H3. The number of benzene rings is 1. The second-order valence-corrected chi connectivity index (χ2v) is 6.22. The van der Waals surface area contributed by atoms with Crippen molar-refractivity contribution in [1.29, 1.82) is 0 Å². The van der Waals surface area contributed by atoms with E-state index in [9.17, 15) is 9.18 Å². The monoisotopic (exact) mass is 347 g/mol. The van der Waals surface area contributed by atoms with Gasteiger partial charge in [-0.1, -0.05) is 18.5 Å². The zero-order valence-corrected chi connectivity index (χ0v) is 14.3. The minimum atomic E-state index is -0.312. The Kier molecular flexibility index (Phi) is 5.63. The van der Waals surface area contributed by atoms with Crippen LogP contribution in [0.25, 0.3) is 11.5 Å². The lowest BCUT2D eigenvalue weighted by Crippen LogP contribution is -2.39. The van der Waals surface area contributed by atoms with Gasteiger partial charge in [0.05, 0.1) is 6.61 Å². The summed E-state index contributed by atoms with van der Waals surface area (Å²) in [4.78, 5) is 18.2. The summed E-state index contributed by atoms with van der Waals surface area (Å²) >= 11 is 0. The molecule has 0 radical (unpaired) electrons. The Labute approximate surface area is 146 Å². The number of unbranched alkanes of at least 4 members (excludes halogenated alkanes) is 1. The highest BCUT2D eigenvalue weighted by molar-refractivity contribution is 5.67. The zero-order chi connectivity index (χ0) is 17.6. The minimum Gasteiger partial charge on any atom is -0.449 e. The predicted octanol–water partition coefficient (Wildman–Crippen LogP) is 3.99. The molecule has 1 aromatic carbocycles. The molecule has 1 atom stereocenters. The van der Waals surface area contributed by atoms with Crippen molar-refractivity contribution in [3.63, 3.8) is 0 Å². The summed E-state index contributed by atoms with van der Waals surface area (Å²) in [7, 11) is 0. The van der Waals surface area contributed by atoms with E-state index in [4.69, 9.17) is 9.26 Å². The molecule has 1 amide bonds. The van der Waals surface area contributed by atoms with Gasteiger partial charge in [-0.2, -0.15) is 4.98 Å². The number of carbonyl (C=O) groups excluding carboxylic acids is 1. The maximum absolute atomic E-state index is 13.0. The summed E-state index contributed by atoms with van der Waals surface area (Å²) in [5.74, 6) is 0.640. The lowest BCUT2D eigenvalue weighted by atomic mass is 9.98. The summed E-state index contributed by atoms with van der Waals surface area (Å²) in [5.41, 5.74) is 0.673. The molecule has 0 saturated carbocycles. The number of nitrogens with zero attached hydrogens (tertiary/aromatic N) is 3. The molecule has 0 N–H and O–H groups in total. The summed E-state index contributed by atoms with van der Waals surface area (Å²) in [6.45, 7) is 3.71. The number of carbonyl (C=O) groups is 1. The number of amides is 1. The third-order valence-electron chi connectivity index (χ3n) is 4.30. The van der Waals surface area contributed by atoms with Crippen LogP contribution in [0.1, 0.15) is 44.3 Å². The van der Waals surface area contributed by atoms with E-state index in [1.165, 1.54) is 12.1 Å². The van der Waals surface area contributed by atoms with Crippen LogP contribution in [0.15, 0.2) is 28.8 Å². The van der Waals surface area contributed by atoms with Crippen LogP contribution in [0, 0.1) is 5.82 Å². The first kappa shape index (κ1) is 17.4. The Hall–Kier alpha value is -2.44. The Morgan fingerprint density at radius 1 is 1.40 bits per heavy atom. The Morgan fingerprint density at radius 3 is 2.96 bits per heavy atom. The van der Waals surface area contributed by atoms with Crippen molar-refractivity contribution < 1.29 is 18.4 Å². The summed E-state index contributed by atoms with van der Waals surface area (Å²) in [6.07, 6.45) is 3.34. The number of likely N-dealkylation sites (tertiary alicyclic amines) is 1. The number of rotatable bonds is 5. The maximum Gasteiger partial charge on any atom is 0.409 e. The van der Waals surface area contributed by atoms with Gasteiger partial charge in [-0.3, -0.25) is 0 Å². The molecule has 1 saturated heterocycles. The van der Waals surface area contributed by atoms with E-state index < -0.39 is 0 Å². The van der Waals surface area contributed by atoms with E-state index in [-0.39, 0.29) is 17.8 Å². The Bertz CT molecular complexity index is 702. The van der Waals surface area contributed by atoms with Crippen molar-refractivity contribution in [2.75, 3.05) is 19.7 Å². The van der Waals surface area contributed by atoms with Crippen molar-refractivity contribution in [3.05, 3.63) is 35.9 Å². The molecule has 134 valence electrons. The fraction of sp³-hybridized carbons (Fsp3) is 0.500. The molecule has 3 rings (SSSR count). The smallest absolute Gasteiger partial charge is 0.409 e. The van der Waals surface area contributed by atoms with E-state index in [0.29, 0.717) is 37.0 Å². The molecule has 0 spiro atoms. The molecular weight excluding hydrogens is 325 g/mol. The summed E-state index contributed by atoms with van der Waals surface area (Å²) in [6, 6.07) is 5.91. The molecule has 0 bridgehead atoms. The first-order valence-electron chi connectivity index (χ1n) is 8.68. The molecule has 7 heteroatoms. The van der Waals surface area contributed by atoms with Gasteiger partial charge in [0, 0.05) is 24.6 Å². The summed E-state index contributed by atoms with van der Waals surface area (Å²) in [5, 5.41) is 4.05. The number of hydrogen-bond acceptors (Lipinski definition) is 5. The van der Waals surface area contributed by atoms with E-state index in [0.717, 1.165) is 25.7 Å². The molecule has 0 aliphatic carbocycles. The SMILES string of the molecule is CCCCOC(=O)N1CCCC(c2noc(-c3ccc(F)cc3)n2)C1. The van der Waals surface area contributed by atoms with Gasteiger partial charge in [0.15, 0.2) is 5.82 Å². The fourth-order valence-corrected chi connectivity index (χ4v) is 2.86. The van der Waals surface area contributed by atoms with Gasteiger partial charge in [0.25, 0.3) is 5.89 Å². The van der Waals surface area contributed by atoms with Crippen molar-refractivity contribution in [2.24, 2.45) is 0 Å². The first-order valence-corrected chi connectivity index (χ1v) is 8.68. The molecule has 1 aliphatic rings. The highest BCUT2D eigenvalue weighted by atomic mass is 19.1. The van der Waals surface area contributed by atoms with Crippen LogP contribution in [0.5, 0.6) is 0 Å². The van der Waals surface area contributed by atoms with Gasteiger partial charge in [-0.15, -0.1) is 0 Å². The topological polar surface area (TPSA) is 68.5 Å². The number of piperidine rings is 1. The highest BCUT2D eigenvalue weighted by Crippen LogP contribution is 2.27. The molecule has 1 fully saturated rings. The van der Waals surface area contributed by atoms with Crippen LogP contribution in [0.2, 0.25) is 0 Å². The first-order chi connectivity index (χ1) is 12.2. The predicted molar refractivity (Wildman–Crippen MR) is 89.5 cm³/mol. The number of hydrogen-bond donors (Lipinski definition) is 0. The van der Waals surface area contributed by atoms with Crippen LogP contribution < -0.4 is 0 Å². The van der Waals surface area contributed by atoms with Crippen LogP contribution in [-0.4, -0.2) is 40.8 Å². The molecule has 1 aromatic heterocycles. The van der Waals surface area contributed by atoms with Gasteiger partial charge in [0.1, 0.15) is 5.82 Å². The van der Waals surface area contributed by atoms with Crippen LogP contribution in [0.3, 0.4) is 0 Å². The Balaban J connectivity index is 1.63. The largest absolute Gasteiger partial charge is 0.449 e. The summed E-state index contributed by atoms with van der Waals surface area (Å²) < 4.78 is 23.6. The third-order valence-corrected chi connectivity index (χ3v) is 4.30. The lowest BCUT2D eigenvalue weighted by molar-refractivity contribution is 0.0896. The third kappa shape index (κ3) is 4.35. The molecule has 25 heavy (non-hydrogen) atoms. The van der Waals surface area contributed by atoms with Gasteiger partial charge in [-0.25, -0.2) is 9.18 Å². The van der Waals surface area contributed by atoms with Gasteiger partial charge in [0.2, 0.25) is 0 Å². The van der Waals surface area contributed by atoms with Gasteiger partial charge in [-0.05, 0) is 43.5 Å². The number of aromatic nitrogens is 2. The lowest BCUT2D eigenvalue weighted by Gasteiger charge is -2.30. The second-order valence-electron chi connectivity index (χ2n) is 6.22. The van der Waals surface area contributed by atoms with E-state index in [2.05, 4.69) is 17.1 Å².